The predicted octanol–water partition coefficient (Wildman–Crippen LogP) is 14.0. The van der Waals surface area contributed by atoms with Crippen molar-refractivity contribution in [2.75, 3.05) is 0 Å². The molecule has 54 heavy (non-hydrogen) atoms. The van der Waals surface area contributed by atoms with Crippen LogP contribution in [-0.2, 0) is 16.6 Å². The molecule has 1 aliphatic heterocycles. The second-order valence-electron chi connectivity index (χ2n) is 17.0. The van der Waals surface area contributed by atoms with E-state index in [1.54, 1.807) is 54.9 Å². The van der Waals surface area contributed by atoms with E-state index in [1.807, 2.05) is 0 Å². The van der Waals surface area contributed by atoms with Crippen molar-refractivity contribution in [1.82, 2.24) is 0 Å². The molecule has 2 atom stereocenters. The number of allylic oxidation sites excluding steroid dienone is 2. The third-order valence-corrected chi connectivity index (χ3v) is 27.2. The molecule has 2 unspecified atom stereocenters. The van der Waals surface area contributed by atoms with Crippen LogP contribution in [0.3, 0.4) is 0 Å². The van der Waals surface area contributed by atoms with Crippen molar-refractivity contribution in [3.63, 3.8) is 0 Å². The summed E-state index contributed by atoms with van der Waals surface area (Å²) in [5.41, 5.74) is 16.4. The molecule has 3 aliphatic rings. The van der Waals surface area contributed by atoms with Gasteiger partial charge in [-0.2, -0.15) is 0 Å². The van der Waals surface area contributed by atoms with E-state index in [4.69, 9.17) is 0 Å². The maximum absolute atomic E-state index is 3.08. The molecule has 272 valence electrons. The molecule has 0 saturated heterocycles. The molecule has 0 fully saturated rings. The van der Waals surface area contributed by atoms with Gasteiger partial charge in [-0.25, -0.2) is 0 Å². The summed E-state index contributed by atoms with van der Waals surface area (Å²) in [6.07, 6.45) is 7.43. The van der Waals surface area contributed by atoms with Crippen molar-refractivity contribution in [3.05, 3.63) is 166 Å². The van der Waals surface area contributed by atoms with E-state index in [1.165, 1.54) is 67.8 Å². The third kappa shape index (κ3) is 5.18. The van der Waals surface area contributed by atoms with Crippen LogP contribution < -0.4 is 10.4 Å². The van der Waals surface area contributed by atoms with Crippen molar-refractivity contribution in [3.8, 4) is 0 Å². The van der Waals surface area contributed by atoms with Crippen LogP contribution in [-0.4, -0.2) is 8.07 Å². The second kappa shape index (κ2) is 14.1. The summed E-state index contributed by atoms with van der Waals surface area (Å²) in [7, 11) is -2.29. The summed E-state index contributed by atoms with van der Waals surface area (Å²) in [6, 6.07) is 48.0. The Morgan fingerprint density at radius 3 is 1.31 bits per heavy atom. The second-order valence-corrected chi connectivity index (χ2v) is 28.6. The SMILES string of the molecule is CCC[CH2][Ti]1([CH2]CCC)[CH]2C(CC)=C(c3cccc4ccccc34)c3c2cccc3[Si](C)(C)c2cccc3c2C(c2cccc4ccccc24)=C(CC)[CH]31. The molecule has 2 aliphatic carbocycles. The van der Waals surface area contributed by atoms with Crippen molar-refractivity contribution in [2.45, 2.75) is 97.2 Å². The van der Waals surface area contributed by atoms with Crippen LogP contribution >= 0.6 is 0 Å². The van der Waals surface area contributed by atoms with Crippen LogP contribution in [0.4, 0.5) is 0 Å². The first-order chi connectivity index (χ1) is 26.4. The number of unbranched alkanes of at least 4 members (excludes halogenated alkanes) is 2. The quantitative estimate of drug-likeness (QED) is 0.122. The van der Waals surface area contributed by atoms with Crippen molar-refractivity contribution in [1.29, 1.82) is 0 Å². The molecule has 9 rings (SSSR count). The number of hydrogen-bond acceptors (Lipinski definition) is 0. The van der Waals surface area contributed by atoms with Gasteiger partial charge in [-0.15, -0.1) is 0 Å². The van der Waals surface area contributed by atoms with Crippen molar-refractivity contribution >= 4 is 51.1 Å². The van der Waals surface area contributed by atoms with Crippen LogP contribution in [0, 0.1) is 0 Å². The first-order valence-corrected chi connectivity index (χ1v) is 28.1. The van der Waals surface area contributed by atoms with E-state index >= 15 is 0 Å². The van der Waals surface area contributed by atoms with Gasteiger partial charge in [0.05, 0.1) is 0 Å². The predicted molar refractivity (Wildman–Crippen MR) is 235 cm³/mol. The van der Waals surface area contributed by atoms with Crippen molar-refractivity contribution < 1.29 is 16.6 Å². The van der Waals surface area contributed by atoms with E-state index in [0.717, 1.165) is 12.8 Å². The van der Waals surface area contributed by atoms with E-state index in [0.29, 0.717) is 8.45 Å². The molecule has 2 heteroatoms. The number of hydrogen-bond donors (Lipinski definition) is 0. The zero-order valence-corrected chi connectivity index (χ0v) is 35.9. The average molecular weight is 757 g/mol. The van der Waals surface area contributed by atoms with E-state index in [2.05, 4.69) is 162 Å². The fourth-order valence-electron chi connectivity index (χ4n) is 11.8. The van der Waals surface area contributed by atoms with Gasteiger partial charge >= 0.3 is 331 Å². The molecule has 0 amide bonds. The summed E-state index contributed by atoms with van der Waals surface area (Å²) in [6.45, 7) is 15.3. The fraction of sp³-hybridized carbons (Fsp3) is 0.308. The Hall–Kier alpha value is -3.75. The standard InChI is InChI=1S/C44H38Si.2C4H9.Ti/c1-5-29-27-33-19-13-25-39(43(33)41(29)37-23-11-17-31-15-7-9-21-35(31)37)45(3,4)40-26-14-20-34-28-30(6-2)42(44(34)40)38-24-12-18-32-16-8-10-22-36(32)38;2*1-3-4-2;/h7-28H,5-6H2,1-4H3;2*1,3-4H2,2H3;. The Labute approximate surface area is 328 Å². The number of rotatable bonds is 10. The van der Waals surface area contributed by atoms with Gasteiger partial charge in [0.25, 0.3) is 0 Å². The first-order valence-electron chi connectivity index (χ1n) is 21.1. The van der Waals surface area contributed by atoms with Crippen LogP contribution in [0.1, 0.15) is 108 Å². The summed E-state index contributed by atoms with van der Waals surface area (Å²) in [5, 5.41) is 8.83. The molecule has 0 spiro atoms. The zero-order valence-electron chi connectivity index (χ0n) is 33.4. The Balaban J connectivity index is 1.48. The topological polar surface area (TPSA) is 0 Å². The fourth-order valence-corrected chi connectivity index (χ4v) is 26.7. The van der Waals surface area contributed by atoms with Crippen LogP contribution in [0.5, 0.6) is 0 Å². The van der Waals surface area contributed by atoms with Gasteiger partial charge in [-0.3, -0.25) is 0 Å². The van der Waals surface area contributed by atoms with Crippen LogP contribution in [0.2, 0.25) is 22.5 Å². The number of fused-ring (bicyclic) bond motifs is 2. The molecular weight excluding hydrogens is 701 g/mol. The van der Waals surface area contributed by atoms with Crippen molar-refractivity contribution in [2.24, 2.45) is 0 Å². The summed E-state index contributed by atoms with van der Waals surface area (Å²) >= 11 is -3.08. The van der Waals surface area contributed by atoms with Crippen LogP contribution in [0.25, 0.3) is 32.7 Å². The zero-order chi connectivity index (χ0) is 37.2. The monoisotopic (exact) mass is 756 g/mol. The van der Waals surface area contributed by atoms with E-state index in [9.17, 15) is 0 Å². The molecule has 6 aromatic carbocycles. The normalized spacial score (nSPS) is 19.3. The molecule has 0 radical (unpaired) electrons. The molecule has 8 bridgehead atoms. The molecular formula is C52H56SiTi. The molecule has 0 aromatic heterocycles. The van der Waals surface area contributed by atoms with Gasteiger partial charge < -0.3 is 0 Å². The van der Waals surface area contributed by atoms with E-state index in [-0.39, 0.29) is 0 Å². The maximum atomic E-state index is 2.68. The van der Waals surface area contributed by atoms with Gasteiger partial charge in [-0.1, -0.05) is 0 Å². The van der Waals surface area contributed by atoms with Gasteiger partial charge in [0.1, 0.15) is 0 Å². The Kier molecular flexibility index (Phi) is 9.36. The van der Waals surface area contributed by atoms with Crippen LogP contribution in [0.15, 0.2) is 132 Å². The summed E-state index contributed by atoms with van der Waals surface area (Å²) in [5.74, 6) is 0. The Bertz CT molecular complexity index is 2310. The molecule has 0 nitrogen and oxygen atoms in total. The van der Waals surface area contributed by atoms with Gasteiger partial charge in [0.15, 0.2) is 0 Å². The molecule has 0 N–H and O–H groups in total. The first kappa shape index (κ1) is 35.9. The third-order valence-electron chi connectivity index (χ3n) is 14.0. The van der Waals surface area contributed by atoms with Gasteiger partial charge in [0, 0.05) is 0 Å². The molecule has 6 aromatic rings. The number of benzene rings is 6. The minimum atomic E-state index is -3.08. The summed E-state index contributed by atoms with van der Waals surface area (Å²) < 4.78 is 3.96. The Morgan fingerprint density at radius 1 is 0.481 bits per heavy atom. The minimum absolute atomic E-state index is 0.551. The van der Waals surface area contributed by atoms with E-state index < -0.39 is 24.7 Å². The van der Waals surface area contributed by atoms with Gasteiger partial charge in [-0.05, 0) is 0 Å². The molecule has 0 saturated carbocycles. The summed E-state index contributed by atoms with van der Waals surface area (Å²) in [4.78, 5) is 0. The molecule has 1 heterocycles. The van der Waals surface area contributed by atoms with Gasteiger partial charge in [0.2, 0.25) is 0 Å². The average Bonchev–Trinajstić information content (AvgIpc) is 3.73. The Morgan fingerprint density at radius 2 is 0.889 bits per heavy atom.